The predicted octanol–water partition coefficient (Wildman–Crippen LogP) is 2.22. The van der Waals surface area contributed by atoms with Crippen LogP contribution in [0, 0.1) is 11.3 Å². The van der Waals surface area contributed by atoms with E-state index >= 15 is 0 Å². The third kappa shape index (κ3) is 4.00. The standard InChI is InChI=1S/C15H25NO2/c1-12(2)8-15(10-16,11-17)9-13-5-4-6-14(7-13)18-3/h4-7,12,17H,8-11,16H2,1-3H3. The van der Waals surface area contributed by atoms with Gasteiger partial charge in [0.25, 0.3) is 0 Å². The van der Waals surface area contributed by atoms with E-state index < -0.39 is 0 Å². The lowest BCUT2D eigenvalue weighted by Gasteiger charge is -2.32. The fourth-order valence-corrected chi connectivity index (χ4v) is 2.49. The van der Waals surface area contributed by atoms with E-state index in [1.54, 1.807) is 7.11 Å². The number of aliphatic hydroxyl groups is 1. The third-order valence-electron chi connectivity index (χ3n) is 3.32. The molecule has 1 unspecified atom stereocenters. The number of aliphatic hydroxyl groups excluding tert-OH is 1. The molecule has 0 aliphatic heterocycles. The molecule has 1 rings (SSSR count). The van der Waals surface area contributed by atoms with Crippen molar-refractivity contribution in [1.29, 1.82) is 0 Å². The zero-order chi connectivity index (χ0) is 13.6. The predicted molar refractivity (Wildman–Crippen MR) is 74.7 cm³/mol. The largest absolute Gasteiger partial charge is 0.497 e. The van der Waals surface area contributed by atoms with Crippen LogP contribution in [0.3, 0.4) is 0 Å². The fraction of sp³-hybridized carbons (Fsp3) is 0.600. The summed E-state index contributed by atoms with van der Waals surface area (Å²) in [7, 11) is 1.66. The highest BCUT2D eigenvalue weighted by molar-refractivity contribution is 5.29. The Labute approximate surface area is 110 Å². The number of rotatable bonds is 7. The highest BCUT2D eigenvalue weighted by Crippen LogP contribution is 2.30. The van der Waals surface area contributed by atoms with E-state index in [1.807, 2.05) is 18.2 Å². The molecule has 0 heterocycles. The van der Waals surface area contributed by atoms with Gasteiger partial charge in [0.05, 0.1) is 13.7 Å². The number of nitrogens with two attached hydrogens (primary N) is 1. The first-order valence-corrected chi connectivity index (χ1v) is 6.49. The Morgan fingerprint density at radius 2 is 2.11 bits per heavy atom. The molecule has 1 atom stereocenters. The Bertz CT molecular complexity index is 359. The molecule has 0 saturated heterocycles. The highest BCUT2D eigenvalue weighted by atomic mass is 16.5. The van der Waals surface area contributed by atoms with Crippen molar-refractivity contribution in [2.45, 2.75) is 26.7 Å². The van der Waals surface area contributed by atoms with Crippen molar-refractivity contribution in [3.8, 4) is 5.75 Å². The third-order valence-corrected chi connectivity index (χ3v) is 3.32. The van der Waals surface area contributed by atoms with Gasteiger partial charge in [0, 0.05) is 12.0 Å². The molecule has 1 aromatic carbocycles. The van der Waals surface area contributed by atoms with E-state index in [0.29, 0.717) is 12.5 Å². The van der Waals surface area contributed by atoms with E-state index in [2.05, 4.69) is 19.9 Å². The Morgan fingerprint density at radius 1 is 1.39 bits per heavy atom. The Kier molecular flexibility index (Phi) is 5.63. The van der Waals surface area contributed by atoms with Gasteiger partial charge in [-0.05, 0) is 36.5 Å². The number of hydrogen-bond acceptors (Lipinski definition) is 3. The Hall–Kier alpha value is -1.06. The van der Waals surface area contributed by atoms with E-state index in [4.69, 9.17) is 10.5 Å². The normalized spacial score (nSPS) is 14.6. The van der Waals surface area contributed by atoms with Crippen LogP contribution in [-0.2, 0) is 6.42 Å². The number of benzene rings is 1. The number of ether oxygens (including phenoxy) is 1. The van der Waals surface area contributed by atoms with E-state index in [0.717, 1.165) is 24.2 Å². The van der Waals surface area contributed by atoms with Crippen molar-refractivity contribution < 1.29 is 9.84 Å². The minimum atomic E-state index is -0.222. The summed E-state index contributed by atoms with van der Waals surface area (Å²) in [5, 5.41) is 9.70. The average molecular weight is 251 g/mol. The van der Waals surface area contributed by atoms with Gasteiger partial charge in [0.15, 0.2) is 0 Å². The number of methoxy groups -OCH3 is 1. The molecule has 0 radical (unpaired) electrons. The molecule has 0 aliphatic carbocycles. The molecule has 18 heavy (non-hydrogen) atoms. The van der Waals surface area contributed by atoms with Crippen LogP contribution in [0.2, 0.25) is 0 Å². The van der Waals surface area contributed by atoms with Gasteiger partial charge in [-0.25, -0.2) is 0 Å². The average Bonchev–Trinajstić information content (AvgIpc) is 2.37. The van der Waals surface area contributed by atoms with Crippen molar-refractivity contribution in [1.82, 2.24) is 0 Å². The van der Waals surface area contributed by atoms with E-state index in [1.165, 1.54) is 0 Å². The molecule has 0 saturated carbocycles. The molecule has 102 valence electrons. The molecule has 3 nitrogen and oxygen atoms in total. The van der Waals surface area contributed by atoms with Crippen molar-refractivity contribution in [2.75, 3.05) is 20.3 Å². The van der Waals surface area contributed by atoms with Crippen LogP contribution >= 0.6 is 0 Å². The van der Waals surface area contributed by atoms with Crippen molar-refractivity contribution >= 4 is 0 Å². The van der Waals surface area contributed by atoms with Crippen molar-refractivity contribution in [3.05, 3.63) is 29.8 Å². The Morgan fingerprint density at radius 3 is 2.61 bits per heavy atom. The zero-order valence-corrected chi connectivity index (χ0v) is 11.6. The van der Waals surface area contributed by atoms with Crippen LogP contribution in [0.5, 0.6) is 5.75 Å². The molecule has 0 spiro atoms. The summed E-state index contributed by atoms with van der Waals surface area (Å²) < 4.78 is 5.22. The first-order chi connectivity index (χ1) is 8.55. The smallest absolute Gasteiger partial charge is 0.119 e. The van der Waals surface area contributed by atoms with Crippen molar-refractivity contribution in [3.63, 3.8) is 0 Å². The molecule has 1 aromatic rings. The van der Waals surface area contributed by atoms with Crippen molar-refractivity contribution in [2.24, 2.45) is 17.1 Å². The van der Waals surface area contributed by atoms with Gasteiger partial charge in [0.2, 0.25) is 0 Å². The molecule has 0 amide bonds. The van der Waals surface area contributed by atoms with Gasteiger partial charge in [-0.2, -0.15) is 0 Å². The summed E-state index contributed by atoms with van der Waals surface area (Å²) in [6.07, 6.45) is 1.71. The van der Waals surface area contributed by atoms with Crippen LogP contribution < -0.4 is 10.5 Å². The van der Waals surface area contributed by atoms with Crippen LogP contribution in [0.25, 0.3) is 0 Å². The lowest BCUT2D eigenvalue weighted by molar-refractivity contribution is 0.108. The molecule has 0 bridgehead atoms. The second kappa shape index (κ2) is 6.76. The molecule has 3 N–H and O–H groups in total. The summed E-state index contributed by atoms with van der Waals surface area (Å²) in [6, 6.07) is 7.97. The minimum Gasteiger partial charge on any atom is -0.497 e. The summed E-state index contributed by atoms with van der Waals surface area (Å²) in [5.41, 5.74) is 6.83. The molecule has 0 fully saturated rings. The van der Waals surface area contributed by atoms with Gasteiger partial charge in [0.1, 0.15) is 5.75 Å². The maximum atomic E-state index is 9.70. The first kappa shape index (κ1) is 15.0. The minimum absolute atomic E-state index is 0.124. The summed E-state index contributed by atoms with van der Waals surface area (Å²) in [4.78, 5) is 0. The van der Waals surface area contributed by atoms with Crippen LogP contribution in [0.15, 0.2) is 24.3 Å². The summed E-state index contributed by atoms with van der Waals surface area (Å²) in [6.45, 7) is 4.94. The quantitative estimate of drug-likeness (QED) is 0.781. The van der Waals surface area contributed by atoms with Gasteiger partial charge >= 0.3 is 0 Å². The van der Waals surface area contributed by atoms with Crippen LogP contribution in [0.4, 0.5) is 0 Å². The van der Waals surface area contributed by atoms with Gasteiger partial charge < -0.3 is 15.6 Å². The second-order valence-electron chi connectivity index (χ2n) is 5.49. The Balaban J connectivity index is 2.88. The molecule has 0 aliphatic rings. The topological polar surface area (TPSA) is 55.5 Å². The summed E-state index contributed by atoms with van der Waals surface area (Å²) >= 11 is 0. The monoisotopic (exact) mass is 251 g/mol. The molecule has 3 heteroatoms. The van der Waals surface area contributed by atoms with Gasteiger partial charge in [-0.3, -0.25) is 0 Å². The maximum Gasteiger partial charge on any atom is 0.119 e. The fourth-order valence-electron chi connectivity index (χ4n) is 2.49. The van der Waals surface area contributed by atoms with Crippen LogP contribution in [0.1, 0.15) is 25.8 Å². The summed E-state index contributed by atoms with van der Waals surface area (Å²) in [5.74, 6) is 1.37. The lowest BCUT2D eigenvalue weighted by Crippen LogP contribution is -2.37. The van der Waals surface area contributed by atoms with Gasteiger partial charge in [-0.1, -0.05) is 26.0 Å². The SMILES string of the molecule is COc1cccc(CC(CN)(CO)CC(C)C)c1. The van der Waals surface area contributed by atoms with E-state index in [-0.39, 0.29) is 12.0 Å². The lowest BCUT2D eigenvalue weighted by atomic mass is 9.76. The first-order valence-electron chi connectivity index (χ1n) is 6.49. The second-order valence-corrected chi connectivity index (χ2v) is 5.49. The number of hydrogen-bond donors (Lipinski definition) is 2. The maximum absolute atomic E-state index is 9.70. The molecular formula is C15H25NO2. The van der Waals surface area contributed by atoms with Crippen LogP contribution in [-0.4, -0.2) is 25.4 Å². The van der Waals surface area contributed by atoms with Gasteiger partial charge in [-0.15, -0.1) is 0 Å². The van der Waals surface area contributed by atoms with E-state index in [9.17, 15) is 5.11 Å². The zero-order valence-electron chi connectivity index (χ0n) is 11.6. The highest BCUT2D eigenvalue weighted by Gasteiger charge is 2.29. The molecule has 0 aromatic heterocycles. The molecular weight excluding hydrogens is 226 g/mol.